The first-order chi connectivity index (χ1) is 10.9. The Kier molecular flexibility index (Phi) is 5.49. The van der Waals surface area contributed by atoms with Gasteiger partial charge < -0.3 is 15.2 Å². The number of benzene rings is 1. The summed E-state index contributed by atoms with van der Waals surface area (Å²) >= 11 is 5.78. The highest BCUT2D eigenvalue weighted by molar-refractivity contribution is 6.30. The lowest BCUT2D eigenvalue weighted by atomic mass is 9.93. The average Bonchev–Trinajstić information content (AvgIpc) is 2.79. The Labute approximate surface area is 140 Å². The molecule has 126 valence electrons. The number of hydrogen-bond acceptors (Lipinski definition) is 4. The van der Waals surface area contributed by atoms with Gasteiger partial charge in [-0.25, -0.2) is 4.79 Å². The van der Waals surface area contributed by atoms with E-state index in [2.05, 4.69) is 5.32 Å². The fraction of sp³-hybridized carbons (Fsp3) is 0.500. The monoisotopic (exact) mass is 340 g/mol. The second kappa shape index (κ2) is 7.19. The van der Waals surface area contributed by atoms with Crippen molar-refractivity contribution in [2.75, 3.05) is 13.2 Å². The predicted octanol–water partition coefficient (Wildman–Crippen LogP) is 2.19. The third-order valence-corrected chi connectivity index (χ3v) is 4.35. The SMILES string of the molecule is CCC1(CC)NC(=O)N(C[C@@H](O)COc2ccc(Cl)cc2)C1=O. The first-order valence-corrected chi connectivity index (χ1v) is 8.00. The summed E-state index contributed by atoms with van der Waals surface area (Å²) in [7, 11) is 0. The lowest BCUT2D eigenvalue weighted by molar-refractivity contribution is -0.132. The van der Waals surface area contributed by atoms with E-state index in [1.54, 1.807) is 24.3 Å². The smallest absolute Gasteiger partial charge is 0.325 e. The van der Waals surface area contributed by atoms with Crippen LogP contribution in [0.15, 0.2) is 24.3 Å². The Bertz CT molecular complexity index is 572. The van der Waals surface area contributed by atoms with Gasteiger partial charge in [0.2, 0.25) is 0 Å². The highest BCUT2D eigenvalue weighted by atomic mass is 35.5. The quantitative estimate of drug-likeness (QED) is 0.746. The van der Waals surface area contributed by atoms with E-state index in [1.807, 2.05) is 13.8 Å². The molecule has 0 spiro atoms. The summed E-state index contributed by atoms with van der Waals surface area (Å²) in [6.45, 7) is 3.58. The number of amides is 3. The molecule has 0 saturated carbocycles. The van der Waals surface area contributed by atoms with Crippen LogP contribution in [0.3, 0.4) is 0 Å². The third kappa shape index (κ3) is 3.76. The van der Waals surface area contributed by atoms with Crippen LogP contribution in [0.2, 0.25) is 5.02 Å². The zero-order chi connectivity index (χ0) is 17.0. The van der Waals surface area contributed by atoms with Crippen LogP contribution in [0.1, 0.15) is 26.7 Å². The molecule has 1 aliphatic heterocycles. The number of imide groups is 1. The molecule has 1 aromatic rings. The highest BCUT2D eigenvalue weighted by Crippen LogP contribution is 2.25. The van der Waals surface area contributed by atoms with Crippen LogP contribution < -0.4 is 10.1 Å². The van der Waals surface area contributed by atoms with E-state index in [1.165, 1.54) is 0 Å². The summed E-state index contributed by atoms with van der Waals surface area (Å²) in [4.78, 5) is 25.5. The molecule has 0 aliphatic carbocycles. The molecule has 2 N–H and O–H groups in total. The van der Waals surface area contributed by atoms with Gasteiger partial charge in [-0.2, -0.15) is 0 Å². The molecule has 6 nitrogen and oxygen atoms in total. The Morgan fingerprint density at radius 2 is 1.87 bits per heavy atom. The van der Waals surface area contributed by atoms with E-state index >= 15 is 0 Å². The van der Waals surface area contributed by atoms with Gasteiger partial charge in [-0.1, -0.05) is 25.4 Å². The zero-order valence-corrected chi connectivity index (χ0v) is 14.0. The van der Waals surface area contributed by atoms with E-state index in [0.717, 1.165) is 4.90 Å². The molecular formula is C16H21ClN2O4. The third-order valence-electron chi connectivity index (χ3n) is 4.10. The molecule has 1 aromatic carbocycles. The maximum absolute atomic E-state index is 12.4. The van der Waals surface area contributed by atoms with E-state index in [4.69, 9.17) is 16.3 Å². The summed E-state index contributed by atoms with van der Waals surface area (Å²) < 4.78 is 5.43. The van der Waals surface area contributed by atoms with Crippen molar-refractivity contribution in [2.24, 2.45) is 0 Å². The molecule has 0 aromatic heterocycles. The number of carbonyl (C=O) groups is 2. The maximum Gasteiger partial charge on any atom is 0.325 e. The lowest BCUT2D eigenvalue weighted by Gasteiger charge is -2.23. The fourth-order valence-corrected chi connectivity index (χ4v) is 2.68. The molecule has 7 heteroatoms. The summed E-state index contributed by atoms with van der Waals surface area (Å²) in [6, 6.07) is 6.25. The summed E-state index contributed by atoms with van der Waals surface area (Å²) in [5, 5.41) is 13.4. The number of aliphatic hydroxyl groups excluding tert-OH is 1. The van der Waals surface area contributed by atoms with Crippen LogP contribution in [-0.2, 0) is 4.79 Å². The molecule has 0 unspecified atom stereocenters. The van der Waals surface area contributed by atoms with Crippen molar-refractivity contribution in [3.8, 4) is 5.75 Å². The minimum absolute atomic E-state index is 0.0239. The number of nitrogens with one attached hydrogen (secondary N) is 1. The van der Waals surface area contributed by atoms with Gasteiger partial charge in [0.05, 0.1) is 6.54 Å². The van der Waals surface area contributed by atoms with Crippen molar-refractivity contribution in [3.63, 3.8) is 0 Å². The zero-order valence-electron chi connectivity index (χ0n) is 13.2. The number of aliphatic hydroxyl groups is 1. The molecular weight excluding hydrogens is 320 g/mol. The van der Waals surface area contributed by atoms with Crippen molar-refractivity contribution in [3.05, 3.63) is 29.3 Å². The Hall–Kier alpha value is -1.79. The molecule has 0 bridgehead atoms. The second-order valence-electron chi connectivity index (χ2n) is 5.55. The van der Waals surface area contributed by atoms with Gasteiger partial charge in [0.25, 0.3) is 5.91 Å². The average molecular weight is 341 g/mol. The summed E-state index contributed by atoms with van der Waals surface area (Å²) in [5.41, 5.74) is -0.853. The Morgan fingerprint density at radius 1 is 1.26 bits per heavy atom. The number of carbonyl (C=O) groups excluding carboxylic acids is 2. The Balaban J connectivity index is 1.92. The lowest BCUT2D eigenvalue weighted by Crippen LogP contribution is -2.46. The minimum atomic E-state index is -0.968. The van der Waals surface area contributed by atoms with Gasteiger partial charge >= 0.3 is 6.03 Å². The van der Waals surface area contributed by atoms with Crippen LogP contribution in [0.5, 0.6) is 5.75 Å². The number of nitrogens with zero attached hydrogens (tertiary/aromatic N) is 1. The Morgan fingerprint density at radius 3 is 2.39 bits per heavy atom. The van der Waals surface area contributed by atoms with Crippen LogP contribution in [-0.4, -0.2) is 46.7 Å². The molecule has 3 amide bonds. The topological polar surface area (TPSA) is 78.9 Å². The maximum atomic E-state index is 12.4. The molecule has 1 saturated heterocycles. The van der Waals surface area contributed by atoms with Crippen molar-refractivity contribution < 1.29 is 19.4 Å². The van der Waals surface area contributed by atoms with Crippen LogP contribution in [0.4, 0.5) is 4.79 Å². The van der Waals surface area contributed by atoms with E-state index in [9.17, 15) is 14.7 Å². The van der Waals surface area contributed by atoms with Gasteiger partial charge in [0.15, 0.2) is 0 Å². The number of β-amino-alcohol motifs (C(OH)–C–C–N with tert-alkyl or cyclic N) is 1. The molecule has 1 fully saturated rings. The molecule has 23 heavy (non-hydrogen) atoms. The molecule has 2 rings (SSSR count). The normalized spacial score (nSPS) is 18.0. The van der Waals surface area contributed by atoms with Gasteiger partial charge in [0, 0.05) is 5.02 Å². The van der Waals surface area contributed by atoms with Crippen LogP contribution >= 0.6 is 11.6 Å². The van der Waals surface area contributed by atoms with E-state index in [0.29, 0.717) is 23.6 Å². The number of urea groups is 1. The van der Waals surface area contributed by atoms with Crippen LogP contribution in [0.25, 0.3) is 0 Å². The van der Waals surface area contributed by atoms with Crippen molar-refractivity contribution in [1.29, 1.82) is 0 Å². The first-order valence-electron chi connectivity index (χ1n) is 7.62. The molecule has 1 heterocycles. The standard InChI is InChI=1S/C16H21ClN2O4/c1-3-16(4-2)14(21)19(15(22)18-16)9-12(20)10-23-13-7-5-11(17)6-8-13/h5-8,12,20H,3-4,9-10H2,1-2H3,(H,18,22)/t12-/m1/s1. The van der Waals surface area contributed by atoms with Crippen molar-refractivity contribution in [2.45, 2.75) is 38.3 Å². The summed E-state index contributed by atoms with van der Waals surface area (Å²) in [5.74, 6) is 0.264. The molecule has 1 atom stereocenters. The second-order valence-corrected chi connectivity index (χ2v) is 5.99. The van der Waals surface area contributed by atoms with Gasteiger partial charge in [-0.3, -0.25) is 9.69 Å². The van der Waals surface area contributed by atoms with Crippen molar-refractivity contribution in [1.82, 2.24) is 10.2 Å². The molecule has 1 aliphatic rings. The van der Waals surface area contributed by atoms with E-state index < -0.39 is 17.7 Å². The largest absolute Gasteiger partial charge is 0.491 e. The highest BCUT2D eigenvalue weighted by Gasteiger charge is 2.48. The van der Waals surface area contributed by atoms with Gasteiger partial charge in [0.1, 0.15) is 24.0 Å². The number of rotatable bonds is 7. The number of halogens is 1. The van der Waals surface area contributed by atoms with E-state index in [-0.39, 0.29) is 19.1 Å². The number of hydrogen-bond donors (Lipinski definition) is 2. The van der Waals surface area contributed by atoms with Gasteiger partial charge in [-0.05, 0) is 37.1 Å². The summed E-state index contributed by atoms with van der Waals surface area (Å²) in [6.07, 6.45) is 0.0639. The fourth-order valence-electron chi connectivity index (χ4n) is 2.56. The molecule has 0 radical (unpaired) electrons. The first kappa shape index (κ1) is 17.6. The van der Waals surface area contributed by atoms with Crippen LogP contribution in [0, 0.1) is 0 Å². The predicted molar refractivity (Wildman–Crippen MR) is 86.5 cm³/mol. The van der Waals surface area contributed by atoms with Crippen molar-refractivity contribution >= 4 is 23.5 Å². The number of ether oxygens (including phenoxy) is 1. The van der Waals surface area contributed by atoms with Gasteiger partial charge in [-0.15, -0.1) is 0 Å². The minimum Gasteiger partial charge on any atom is -0.491 e.